The zero-order valence-electron chi connectivity index (χ0n) is 9.52. The highest BCUT2D eigenvalue weighted by molar-refractivity contribution is 5.89. The van der Waals surface area contributed by atoms with Gasteiger partial charge in [-0.25, -0.2) is 9.18 Å². The Morgan fingerprint density at radius 3 is 3.12 bits per heavy atom. The maximum atomic E-state index is 12.9. The molecule has 1 aliphatic heterocycles. The molecule has 1 heterocycles. The number of esters is 1. The zero-order valence-corrected chi connectivity index (χ0v) is 9.52. The number of rotatable bonds is 4. The second-order valence-corrected chi connectivity index (χ2v) is 4.07. The number of carbonyl (C=O) groups is 1. The highest BCUT2D eigenvalue weighted by Gasteiger charge is 2.16. The molecule has 1 aromatic rings. The molecule has 1 atom stereocenters. The Morgan fingerprint density at radius 2 is 2.41 bits per heavy atom. The van der Waals surface area contributed by atoms with Gasteiger partial charge in [-0.3, -0.25) is 0 Å². The van der Waals surface area contributed by atoms with Crippen LogP contribution in [0.2, 0.25) is 0 Å². The molecule has 17 heavy (non-hydrogen) atoms. The summed E-state index contributed by atoms with van der Waals surface area (Å²) < 4.78 is 23.3. The Bertz CT molecular complexity index is 386. The molecule has 0 unspecified atom stereocenters. The first-order valence-electron chi connectivity index (χ1n) is 5.80. The van der Waals surface area contributed by atoms with Crippen molar-refractivity contribution in [3.63, 3.8) is 0 Å². The van der Waals surface area contributed by atoms with Crippen LogP contribution in [-0.4, -0.2) is 25.3 Å². The lowest BCUT2D eigenvalue weighted by atomic mass is 10.2. The van der Waals surface area contributed by atoms with Gasteiger partial charge in [0, 0.05) is 13.0 Å². The maximum absolute atomic E-state index is 12.9. The number of carbonyl (C=O) groups excluding carboxylic acids is 1. The lowest BCUT2D eigenvalue weighted by Gasteiger charge is -2.09. The van der Waals surface area contributed by atoms with Crippen LogP contribution in [0, 0.1) is 5.82 Å². The van der Waals surface area contributed by atoms with E-state index in [1.165, 1.54) is 24.3 Å². The Hall–Kier alpha value is -1.42. The molecule has 1 fully saturated rings. The van der Waals surface area contributed by atoms with Gasteiger partial charge in [0.15, 0.2) is 0 Å². The predicted octanol–water partition coefficient (Wildman–Crippen LogP) is 2.55. The standard InChI is InChI=1S/C13H15FO3/c14-11-4-1-3-10(9-11)13(15)17-8-6-12-5-2-7-16-12/h1,3-4,9,12H,2,5-8H2/t12-/m0/s1. The third-order valence-corrected chi connectivity index (χ3v) is 2.76. The molecule has 2 rings (SSSR count). The van der Waals surface area contributed by atoms with Crippen LogP contribution in [0.25, 0.3) is 0 Å². The molecule has 0 saturated carbocycles. The summed E-state index contributed by atoms with van der Waals surface area (Å²) in [4.78, 5) is 11.5. The third-order valence-electron chi connectivity index (χ3n) is 2.76. The van der Waals surface area contributed by atoms with Crippen molar-refractivity contribution >= 4 is 5.97 Å². The fourth-order valence-corrected chi connectivity index (χ4v) is 1.85. The van der Waals surface area contributed by atoms with Crippen molar-refractivity contribution in [2.45, 2.75) is 25.4 Å². The minimum Gasteiger partial charge on any atom is -0.462 e. The third kappa shape index (κ3) is 3.53. The lowest BCUT2D eigenvalue weighted by molar-refractivity contribution is 0.0385. The van der Waals surface area contributed by atoms with Crippen molar-refractivity contribution in [2.75, 3.05) is 13.2 Å². The Labute approximate surface area is 99.5 Å². The number of hydrogen-bond donors (Lipinski definition) is 0. The van der Waals surface area contributed by atoms with Crippen LogP contribution in [0.3, 0.4) is 0 Å². The quantitative estimate of drug-likeness (QED) is 0.756. The fraction of sp³-hybridized carbons (Fsp3) is 0.462. The van der Waals surface area contributed by atoms with Gasteiger partial charge in [0.25, 0.3) is 0 Å². The number of halogens is 1. The summed E-state index contributed by atoms with van der Waals surface area (Å²) in [5.41, 5.74) is 0.248. The van der Waals surface area contributed by atoms with E-state index >= 15 is 0 Å². The van der Waals surface area contributed by atoms with Gasteiger partial charge in [0.05, 0.1) is 18.3 Å². The Morgan fingerprint density at radius 1 is 1.53 bits per heavy atom. The lowest BCUT2D eigenvalue weighted by Crippen LogP contribution is -2.13. The summed E-state index contributed by atoms with van der Waals surface area (Å²) >= 11 is 0. The first-order chi connectivity index (χ1) is 8.25. The van der Waals surface area contributed by atoms with E-state index in [1.807, 2.05) is 0 Å². The smallest absolute Gasteiger partial charge is 0.338 e. The normalized spacial score (nSPS) is 19.2. The molecule has 0 amide bonds. The molecule has 0 radical (unpaired) electrons. The minimum atomic E-state index is -0.484. The Kier molecular flexibility index (Phi) is 4.09. The summed E-state index contributed by atoms with van der Waals surface area (Å²) in [6.45, 7) is 1.11. The summed E-state index contributed by atoms with van der Waals surface area (Å²) in [7, 11) is 0. The number of hydrogen-bond acceptors (Lipinski definition) is 3. The van der Waals surface area contributed by atoms with E-state index < -0.39 is 11.8 Å². The highest BCUT2D eigenvalue weighted by atomic mass is 19.1. The zero-order chi connectivity index (χ0) is 12.1. The van der Waals surface area contributed by atoms with E-state index in [1.54, 1.807) is 0 Å². The molecular weight excluding hydrogens is 223 g/mol. The molecule has 0 N–H and O–H groups in total. The molecule has 4 heteroatoms. The first kappa shape index (κ1) is 12.0. The monoisotopic (exact) mass is 238 g/mol. The first-order valence-corrected chi connectivity index (χ1v) is 5.80. The average Bonchev–Trinajstić information content (AvgIpc) is 2.82. The topological polar surface area (TPSA) is 35.5 Å². The van der Waals surface area contributed by atoms with Crippen LogP contribution in [0.1, 0.15) is 29.6 Å². The van der Waals surface area contributed by atoms with Crippen LogP contribution in [-0.2, 0) is 9.47 Å². The van der Waals surface area contributed by atoms with Crippen LogP contribution >= 0.6 is 0 Å². The van der Waals surface area contributed by atoms with Gasteiger partial charge in [-0.2, -0.15) is 0 Å². The maximum Gasteiger partial charge on any atom is 0.338 e. The van der Waals surface area contributed by atoms with Gasteiger partial charge in [0.1, 0.15) is 5.82 Å². The number of ether oxygens (including phenoxy) is 2. The van der Waals surface area contributed by atoms with Crippen molar-refractivity contribution < 1.29 is 18.7 Å². The molecule has 1 saturated heterocycles. The molecule has 3 nitrogen and oxygen atoms in total. The van der Waals surface area contributed by atoms with Crippen molar-refractivity contribution in [1.29, 1.82) is 0 Å². The molecule has 1 aromatic carbocycles. The van der Waals surface area contributed by atoms with Crippen LogP contribution in [0.5, 0.6) is 0 Å². The molecule has 0 spiro atoms. The summed E-state index contributed by atoms with van der Waals surface area (Å²) in [5, 5.41) is 0. The van der Waals surface area contributed by atoms with Crippen molar-refractivity contribution in [1.82, 2.24) is 0 Å². The van der Waals surface area contributed by atoms with E-state index in [2.05, 4.69) is 0 Å². The van der Waals surface area contributed by atoms with Gasteiger partial charge in [0.2, 0.25) is 0 Å². The SMILES string of the molecule is O=C(OCC[C@@H]1CCCO1)c1cccc(F)c1. The number of benzene rings is 1. The second kappa shape index (κ2) is 5.77. The Balaban J connectivity index is 1.77. The van der Waals surface area contributed by atoms with Crippen LogP contribution < -0.4 is 0 Å². The predicted molar refractivity (Wildman–Crippen MR) is 60.3 cm³/mol. The van der Waals surface area contributed by atoms with E-state index in [0.29, 0.717) is 13.0 Å². The highest BCUT2D eigenvalue weighted by Crippen LogP contribution is 2.15. The van der Waals surface area contributed by atoms with Gasteiger partial charge < -0.3 is 9.47 Å². The van der Waals surface area contributed by atoms with E-state index in [9.17, 15) is 9.18 Å². The molecule has 0 aliphatic carbocycles. The van der Waals surface area contributed by atoms with Gasteiger partial charge in [-0.15, -0.1) is 0 Å². The van der Waals surface area contributed by atoms with Crippen LogP contribution in [0.4, 0.5) is 4.39 Å². The van der Waals surface area contributed by atoms with E-state index in [0.717, 1.165) is 19.4 Å². The molecule has 0 bridgehead atoms. The fourth-order valence-electron chi connectivity index (χ4n) is 1.85. The van der Waals surface area contributed by atoms with Gasteiger partial charge >= 0.3 is 5.97 Å². The molecular formula is C13H15FO3. The van der Waals surface area contributed by atoms with Crippen molar-refractivity contribution in [3.05, 3.63) is 35.6 Å². The van der Waals surface area contributed by atoms with Crippen LogP contribution in [0.15, 0.2) is 24.3 Å². The molecule has 0 aromatic heterocycles. The second-order valence-electron chi connectivity index (χ2n) is 4.07. The molecule has 92 valence electrons. The minimum absolute atomic E-state index is 0.204. The molecule has 1 aliphatic rings. The van der Waals surface area contributed by atoms with Gasteiger partial charge in [-0.05, 0) is 31.0 Å². The summed E-state index contributed by atoms with van der Waals surface area (Å²) in [5.74, 6) is -0.916. The summed E-state index contributed by atoms with van der Waals surface area (Å²) in [6.07, 6.45) is 3.01. The largest absolute Gasteiger partial charge is 0.462 e. The summed E-state index contributed by atoms with van der Waals surface area (Å²) in [6, 6.07) is 5.50. The van der Waals surface area contributed by atoms with E-state index in [-0.39, 0.29) is 11.7 Å². The van der Waals surface area contributed by atoms with Crippen molar-refractivity contribution in [3.8, 4) is 0 Å². The van der Waals surface area contributed by atoms with E-state index in [4.69, 9.17) is 9.47 Å². The van der Waals surface area contributed by atoms with Gasteiger partial charge in [-0.1, -0.05) is 6.07 Å². The average molecular weight is 238 g/mol. The van der Waals surface area contributed by atoms with Crippen molar-refractivity contribution in [2.24, 2.45) is 0 Å².